The van der Waals surface area contributed by atoms with Crippen molar-refractivity contribution in [3.63, 3.8) is 0 Å². The standard InChI is InChI=1S/C38H50F3N3O6/c1-48-23-30-19-27(32-14-11-28(38(39,40)41)20-34(32)42-17-15-26(16-18-42)35(45)46)21-44(30)36(47)37(50-3)24-43(29-7-5-4-6-8-29)22-33(37)25-9-12-31(49-2)13-10-25/h9-14,20,26-27,29-30,33H,4-8,15-19,21-24H2,1-3H3,(H,45,46)/t27-,30+,33+,37+/m1/s1. The van der Waals surface area contributed by atoms with Crippen LogP contribution in [-0.2, 0) is 25.2 Å². The molecule has 0 spiro atoms. The molecule has 3 heterocycles. The number of methoxy groups -OCH3 is 3. The van der Waals surface area contributed by atoms with Gasteiger partial charge in [0.05, 0.1) is 31.2 Å². The Morgan fingerprint density at radius 2 is 1.64 bits per heavy atom. The minimum absolute atomic E-state index is 0.126. The number of carbonyl (C=O) groups is 2. The molecule has 1 amide bonds. The van der Waals surface area contributed by atoms with E-state index in [1.807, 2.05) is 34.1 Å². The van der Waals surface area contributed by atoms with Gasteiger partial charge in [-0.15, -0.1) is 0 Å². The van der Waals surface area contributed by atoms with Gasteiger partial charge in [0, 0.05) is 70.5 Å². The zero-order chi connectivity index (χ0) is 35.6. The van der Waals surface area contributed by atoms with Gasteiger partial charge >= 0.3 is 12.1 Å². The Hall–Kier alpha value is -3.35. The van der Waals surface area contributed by atoms with Crippen molar-refractivity contribution in [2.45, 2.75) is 87.1 Å². The van der Waals surface area contributed by atoms with Gasteiger partial charge in [-0.3, -0.25) is 14.5 Å². The highest BCUT2D eigenvalue weighted by Gasteiger charge is 2.57. The zero-order valence-electron chi connectivity index (χ0n) is 29.3. The Labute approximate surface area is 292 Å². The van der Waals surface area contributed by atoms with Gasteiger partial charge in [0.25, 0.3) is 5.91 Å². The summed E-state index contributed by atoms with van der Waals surface area (Å²) < 4.78 is 59.4. The average molecular weight is 702 g/mol. The minimum Gasteiger partial charge on any atom is -0.497 e. The number of carboxylic acids is 1. The van der Waals surface area contributed by atoms with Crippen LogP contribution in [0.2, 0.25) is 0 Å². The van der Waals surface area contributed by atoms with E-state index in [0.29, 0.717) is 63.7 Å². The number of amides is 1. The second-order valence-corrected chi connectivity index (χ2v) is 14.5. The molecule has 3 saturated heterocycles. The predicted molar refractivity (Wildman–Crippen MR) is 183 cm³/mol. The molecule has 1 N–H and O–H groups in total. The van der Waals surface area contributed by atoms with Gasteiger partial charge in [0.2, 0.25) is 0 Å². The first-order chi connectivity index (χ1) is 24.0. The van der Waals surface area contributed by atoms with Crippen molar-refractivity contribution in [1.82, 2.24) is 9.80 Å². The maximum atomic E-state index is 15.1. The number of alkyl halides is 3. The number of halogens is 3. The van der Waals surface area contributed by atoms with Crippen LogP contribution in [0.5, 0.6) is 5.75 Å². The van der Waals surface area contributed by atoms with Crippen molar-refractivity contribution in [3.05, 3.63) is 59.2 Å². The molecule has 6 rings (SSSR count). The highest BCUT2D eigenvalue weighted by molar-refractivity contribution is 5.88. The fourth-order valence-electron chi connectivity index (χ4n) is 9.00. The maximum absolute atomic E-state index is 15.1. The normalized spacial score (nSPS) is 27.2. The molecule has 0 aromatic heterocycles. The minimum atomic E-state index is -4.53. The van der Waals surface area contributed by atoms with Crippen molar-refractivity contribution < 1.29 is 42.1 Å². The zero-order valence-corrected chi connectivity index (χ0v) is 29.3. The van der Waals surface area contributed by atoms with Crippen molar-refractivity contribution in [3.8, 4) is 5.75 Å². The second kappa shape index (κ2) is 15.1. The third kappa shape index (κ3) is 7.21. The number of likely N-dealkylation sites (tertiary alicyclic amines) is 2. The van der Waals surface area contributed by atoms with Gasteiger partial charge in [-0.05, 0) is 67.5 Å². The van der Waals surface area contributed by atoms with Crippen molar-refractivity contribution in [1.29, 1.82) is 0 Å². The molecule has 3 aliphatic heterocycles. The molecule has 2 aromatic carbocycles. The molecule has 274 valence electrons. The first-order valence-corrected chi connectivity index (χ1v) is 17.9. The number of rotatable bonds is 10. The lowest BCUT2D eigenvalue weighted by molar-refractivity contribution is -0.157. The molecular weight excluding hydrogens is 651 g/mol. The van der Waals surface area contributed by atoms with E-state index in [1.165, 1.54) is 12.5 Å². The summed E-state index contributed by atoms with van der Waals surface area (Å²) >= 11 is 0. The van der Waals surface area contributed by atoms with Gasteiger partial charge in [-0.2, -0.15) is 13.2 Å². The summed E-state index contributed by atoms with van der Waals surface area (Å²) in [6, 6.07) is 11.8. The molecule has 0 radical (unpaired) electrons. The van der Waals surface area contributed by atoms with Crippen molar-refractivity contribution >= 4 is 17.6 Å². The number of aliphatic carboxylic acids is 1. The van der Waals surface area contributed by atoms with Gasteiger partial charge in [-0.1, -0.05) is 37.5 Å². The Bertz CT molecular complexity index is 1490. The second-order valence-electron chi connectivity index (χ2n) is 14.5. The van der Waals surface area contributed by atoms with E-state index >= 15 is 4.79 Å². The predicted octanol–water partition coefficient (Wildman–Crippen LogP) is 6.16. The average Bonchev–Trinajstić information content (AvgIpc) is 3.74. The largest absolute Gasteiger partial charge is 0.497 e. The summed E-state index contributed by atoms with van der Waals surface area (Å²) in [5, 5.41) is 9.53. The van der Waals surface area contributed by atoms with Gasteiger partial charge in [0.1, 0.15) is 5.75 Å². The topological polar surface area (TPSA) is 91.8 Å². The third-order valence-electron chi connectivity index (χ3n) is 11.8. The van der Waals surface area contributed by atoms with E-state index in [9.17, 15) is 23.1 Å². The Morgan fingerprint density at radius 1 is 0.940 bits per heavy atom. The molecule has 4 atom stereocenters. The molecule has 9 nitrogen and oxygen atoms in total. The number of piperidine rings is 1. The molecule has 1 saturated carbocycles. The van der Waals surface area contributed by atoms with Crippen LogP contribution in [0.3, 0.4) is 0 Å². The van der Waals surface area contributed by atoms with E-state index < -0.39 is 29.2 Å². The lowest BCUT2D eigenvalue weighted by Gasteiger charge is -2.38. The third-order valence-corrected chi connectivity index (χ3v) is 11.8. The number of hydrogen-bond donors (Lipinski definition) is 1. The lowest BCUT2D eigenvalue weighted by Crippen LogP contribution is -2.57. The van der Waals surface area contributed by atoms with E-state index in [4.69, 9.17) is 14.2 Å². The van der Waals surface area contributed by atoms with Crippen LogP contribution < -0.4 is 9.64 Å². The smallest absolute Gasteiger partial charge is 0.416 e. The fourth-order valence-corrected chi connectivity index (χ4v) is 9.00. The van der Waals surface area contributed by atoms with Gasteiger partial charge < -0.3 is 29.1 Å². The van der Waals surface area contributed by atoms with Crippen LogP contribution in [0.4, 0.5) is 18.9 Å². The van der Waals surface area contributed by atoms with Crippen LogP contribution in [-0.4, -0.2) is 105 Å². The molecule has 1 aliphatic carbocycles. The number of carbonyl (C=O) groups excluding carboxylic acids is 1. The summed E-state index contributed by atoms with van der Waals surface area (Å²) in [5.41, 5.74) is 0.269. The van der Waals surface area contributed by atoms with Crippen LogP contribution in [0.15, 0.2) is 42.5 Å². The number of carboxylic acid groups (broad SMARTS) is 1. The van der Waals surface area contributed by atoms with Gasteiger partial charge in [-0.25, -0.2) is 0 Å². The summed E-state index contributed by atoms with van der Waals surface area (Å²) in [6.45, 7) is 2.40. The molecule has 2 aromatic rings. The molecule has 12 heteroatoms. The van der Waals surface area contributed by atoms with E-state index in [-0.39, 0.29) is 30.4 Å². The number of nitrogens with zero attached hydrogens (tertiary/aromatic N) is 3. The Balaban J connectivity index is 1.34. The fraction of sp³-hybridized carbons (Fsp3) is 0.632. The van der Waals surface area contributed by atoms with Crippen LogP contribution in [0, 0.1) is 5.92 Å². The highest BCUT2D eigenvalue weighted by Crippen LogP contribution is 2.46. The lowest BCUT2D eigenvalue weighted by atomic mass is 9.83. The molecule has 4 aliphatic rings. The van der Waals surface area contributed by atoms with Crippen LogP contribution in [0.1, 0.15) is 79.9 Å². The molecule has 50 heavy (non-hydrogen) atoms. The SMILES string of the molecule is COC[C@@H]1C[C@@H](c2ccc(C(F)(F)F)cc2N2CCC(C(=O)O)CC2)CN1C(=O)[C@]1(OC)CN(C2CCCCC2)C[C@H]1c1ccc(OC)cc1. The van der Waals surface area contributed by atoms with Gasteiger partial charge in [0.15, 0.2) is 5.60 Å². The van der Waals surface area contributed by atoms with Crippen molar-refractivity contribution in [2.24, 2.45) is 5.92 Å². The summed E-state index contributed by atoms with van der Waals surface area (Å²) in [7, 11) is 4.84. The first-order valence-electron chi connectivity index (χ1n) is 17.9. The highest BCUT2D eigenvalue weighted by atomic mass is 19.4. The first kappa shape index (κ1) is 36.4. The number of benzene rings is 2. The van der Waals surface area contributed by atoms with Crippen LogP contribution in [0.25, 0.3) is 0 Å². The molecule has 0 unspecified atom stereocenters. The quantitative estimate of drug-likeness (QED) is 0.315. The van der Waals surface area contributed by atoms with Crippen molar-refractivity contribution in [2.75, 3.05) is 65.6 Å². The monoisotopic (exact) mass is 701 g/mol. The summed E-state index contributed by atoms with van der Waals surface area (Å²) in [5.74, 6) is -1.29. The number of anilines is 1. The molecule has 4 fully saturated rings. The maximum Gasteiger partial charge on any atom is 0.416 e. The van der Waals surface area contributed by atoms with Crippen LogP contribution >= 0.6 is 0 Å². The van der Waals surface area contributed by atoms with E-state index in [0.717, 1.165) is 48.6 Å². The van der Waals surface area contributed by atoms with E-state index in [1.54, 1.807) is 27.4 Å². The summed E-state index contributed by atoms with van der Waals surface area (Å²) in [6.07, 6.45) is 2.41. The Kier molecular flexibility index (Phi) is 11.0. The number of ether oxygens (including phenoxy) is 3. The van der Waals surface area contributed by atoms with E-state index in [2.05, 4.69) is 4.90 Å². The number of hydrogen-bond acceptors (Lipinski definition) is 7. The molecule has 0 bridgehead atoms. The Morgan fingerprint density at radius 3 is 2.24 bits per heavy atom. The molecular formula is C38H50F3N3O6. The summed E-state index contributed by atoms with van der Waals surface area (Å²) in [4.78, 5) is 33.0.